The van der Waals surface area contributed by atoms with E-state index in [-0.39, 0.29) is 6.61 Å². The molecule has 1 fully saturated rings. The van der Waals surface area contributed by atoms with Gasteiger partial charge in [0.25, 0.3) is 0 Å². The van der Waals surface area contributed by atoms with Crippen LogP contribution in [0.15, 0.2) is 4.42 Å². The average Bonchev–Trinajstić information content (AvgIpc) is 2.87. The van der Waals surface area contributed by atoms with E-state index < -0.39 is 0 Å². The maximum absolute atomic E-state index is 9.19. The lowest BCUT2D eigenvalue weighted by Gasteiger charge is -2.32. The summed E-state index contributed by atoms with van der Waals surface area (Å²) < 4.78 is 5.55. The number of aryl methyl sites for hydroxylation is 1. The molecule has 1 heterocycles. The summed E-state index contributed by atoms with van der Waals surface area (Å²) in [6.07, 6.45) is 7.12. The summed E-state index contributed by atoms with van der Waals surface area (Å²) in [6, 6.07) is 0.558. The molecule has 5 heteroatoms. The van der Waals surface area contributed by atoms with Crippen molar-refractivity contribution < 1.29 is 9.52 Å². The molecule has 5 nitrogen and oxygen atoms in total. The quantitative estimate of drug-likeness (QED) is 0.837. The number of hydrogen-bond acceptors (Lipinski definition) is 5. The Bertz CT molecular complexity index is 348. The maximum Gasteiger partial charge on any atom is 0.230 e. The third-order valence-corrected chi connectivity index (χ3v) is 3.63. The Morgan fingerprint density at radius 1 is 1.22 bits per heavy atom. The average molecular weight is 253 g/mol. The molecule has 0 unspecified atom stereocenters. The molecule has 1 saturated carbocycles. The van der Waals surface area contributed by atoms with Crippen LogP contribution < -0.4 is 0 Å². The fraction of sp³-hybridized carbons (Fsp3) is 0.846. The Kier molecular flexibility index (Phi) is 5.13. The van der Waals surface area contributed by atoms with E-state index in [1.165, 1.54) is 32.1 Å². The molecule has 1 aliphatic rings. The van der Waals surface area contributed by atoms with Crippen LogP contribution in [0.3, 0.4) is 0 Å². The second-order valence-electron chi connectivity index (χ2n) is 4.93. The van der Waals surface area contributed by atoms with Gasteiger partial charge in [-0.1, -0.05) is 26.2 Å². The molecule has 0 saturated heterocycles. The Morgan fingerprint density at radius 3 is 2.56 bits per heavy atom. The summed E-state index contributed by atoms with van der Waals surface area (Å²) in [5.74, 6) is 1.36. The Balaban J connectivity index is 1.95. The van der Waals surface area contributed by atoms with Gasteiger partial charge < -0.3 is 9.52 Å². The van der Waals surface area contributed by atoms with Gasteiger partial charge in [-0.2, -0.15) is 0 Å². The summed E-state index contributed by atoms with van der Waals surface area (Å²) in [5, 5.41) is 17.2. The Hall–Kier alpha value is -0.940. The SMILES string of the molecule is CCc1nnc(CN(CCO)C2CCCCC2)o1. The maximum atomic E-state index is 9.19. The smallest absolute Gasteiger partial charge is 0.230 e. The van der Waals surface area contributed by atoms with Crippen LogP contribution in [0.1, 0.15) is 50.8 Å². The van der Waals surface area contributed by atoms with Crippen LogP contribution in [0.25, 0.3) is 0 Å². The first-order chi connectivity index (χ1) is 8.83. The lowest BCUT2D eigenvalue weighted by Crippen LogP contribution is -2.38. The minimum Gasteiger partial charge on any atom is -0.424 e. The monoisotopic (exact) mass is 253 g/mol. The fourth-order valence-electron chi connectivity index (χ4n) is 2.63. The van der Waals surface area contributed by atoms with Crippen molar-refractivity contribution in [2.24, 2.45) is 0 Å². The molecule has 0 atom stereocenters. The zero-order valence-electron chi connectivity index (χ0n) is 11.1. The highest BCUT2D eigenvalue weighted by molar-refractivity contribution is 4.84. The zero-order valence-corrected chi connectivity index (χ0v) is 11.1. The predicted octanol–water partition coefficient (Wildman–Crippen LogP) is 1.76. The first-order valence-corrected chi connectivity index (χ1v) is 6.99. The fourth-order valence-corrected chi connectivity index (χ4v) is 2.63. The number of nitrogens with zero attached hydrogens (tertiary/aromatic N) is 3. The van der Waals surface area contributed by atoms with E-state index in [9.17, 15) is 5.11 Å². The van der Waals surface area contributed by atoms with Gasteiger partial charge in [0.15, 0.2) is 0 Å². The molecule has 1 N–H and O–H groups in total. The standard InChI is InChI=1S/C13H23N3O2/c1-2-12-14-15-13(18-12)10-16(8-9-17)11-6-4-3-5-7-11/h11,17H,2-10H2,1H3. The molecule has 0 aromatic carbocycles. The van der Waals surface area contributed by atoms with Crippen LogP contribution in [0.4, 0.5) is 0 Å². The van der Waals surface area contributed by atoms with Crippen molar-refractivity contribution in [2.45, 2.75) is 58.0 Å². The third kappa shape index (κ3) is 3.53. The van der Waals surface area contributed by atoms with E-state index in [1.807, 2.05) is 6.92 Å². The van der Waals surface area contributed by atoms with Crippen LogP contribution in [0, 0.1) is 0 Å². The first kappa shape index (κ1) is 13.5. The lowest BCUT2D eigenvalue weighted by molar-refractivity contribution is 0.107. The van der Waals surface area contributed by atoms with Gasteiger partial charge >= 0.3 is 0 Å². The minimum absolute atomic E-state index is 0.186. The van der Waals surface area contributed by atoms with Gasteiger partial charge in [0.2, 0.25) is 11.8 Å². The summed E-state index contributed by atoms with van der Waals surface area (Å²) in [4.78, 5) is 2.28. The number of aromatic nitrogens is 2. The van der Waals surface area contributed by atoms with Gasteiger partial charge in [0, 0.05) is 19.0 Å². The van der Waals surface area contributed by atoms with Crippen LogP contribution in [-0.2, 0) is 13.0 Å². The van der Waals surface area contributed by atoms with Crippen molar-refractivity contribution >= 4 is 0 Å². The van der Waals surface area contributed by atoms with Crippen molar-refractivity contribution in [3.63, 3.8) is 0 Å². The van der Waals surface area contributed by atoms with Crippen molar-refractivity contribution in [2.75, 3.05) is 13.2 Å². The van der Waals surface area contributed by atoms with Gasteiger partial charge in [-0.25, -0.2) is 0 Å². The highest BCUT2D eigenvalue weighted by Crippen LogP contribution is 2.23. The number of aliphatic hydroxyl groups is 1. The minimum atomic E-state index is 0.186. The highest BCUT2D eigenvalue weighted by atomic mass is 16.4. The molecule has 1 aromatic rings. The van der Waals surface area contributed by atoms with E-state index in [1.54, 1.807) is 0 Å². The zero-order chi connectivity index (χ0) is 12.8. The van der Waals surface area contributed by atoms with E-state index in [0.717, 1.165) is 6.42 Å². The molecular formula is C13H23N3O2. The molecule has 0 amide bonds. The van der Waals surface area contributed by atoms with Crippen LogP contribution in [-0.4, -0.2) is 39.4 Å². The molecule has 1 aliphatic carbocycles. The molecule has 0 aliphatic heterocycles. The molecule has 0 bridgehead atoms. The Morgan fingerprint density at radius 2 is 1.94 bits per heavy atom. The van der Waals surface area contributed by atoms with E-state index in [0.29, 0.717) is 30.9 Å². The Labute approximate surface area is 108 Å². The first-order valence-electron chi connectivity index (χ1n) is 6.99. The molecule has 0 radical (unpaired) electrons. The van der Waals surface area contributed by atoms with Crippen molar-refractivity contribution in [3.8, 4) is 0 Å². The second kappa shape index (κ2) is 6.85. The molecule has 0 spiro atoms. The van der Waals surface area contributed by atoms with Crippen molar-refractivity contribution in [3.05, 3.63) is 11.8 Å². The molecule has 1 aromatic heterocycles. The van der Waals surface area contributed by atoms with Crippen LogP contribution >= 0.6 is 0 Å². The van der Waals surface area contributed by atoms with Gasteiger partial charge in [-0.3, -0.25) is 4.90 Å². The normalized spacial score (nSPS) is 17.5. The van der Waals surface area contributed by atoms with Gasteiger partial charge in [-0.15, -0.1) is 10.2 Å². The topological polar surface area (TPSA) is 62.4 Å². The van der Waals surface area contributed by atoms with E-state index >= 15 is 0 Å². The molecular weight excluding hydrogens is 230 g/mol. The van der Waals surface area contributed by atoms with Crippen LogP contribution in [0.5, 0.6) is 0 Å². The van der Waals surface area contributed by atoms with E-state index in [4.69, 9.17) is 4.42 Å². The highest BCUT2D eigenvalue weighted by Gasteiger charge is 2.22. The van der Waals surface area contributed by atoms with E-state index in [2.05, 4.69) is 15.1 Å². The predicted molar refractivity (Wildman–Crippen MR) is 68.0 cm³/mol. The summed E-state index contributed by atoms with van der Waals surface area (Å²) >= 11 is 0. The third-order valence-electron chi connectivity index (χ3n) is 3.63. The van der Waals surface area contributed by atoms with Gasteiger partial charge in [-0.05, 0) is 12.8 Å². The molecule has 18 heavy (non-hydrogen) atoms. The summed E-state index contributed by atoms with van der Waals surface area (Å²) in [7, 11) is 0. The van der Waals surface area contributed by atoms with Crippen molar-refractivity contribution in [1.82, 2.24) is 15.1 Å². The summed E-state index contributed by atoms with van der Waals surface area (Å²) in [5.41, 5.74) is 0. The lowest BCUT2D eigenvalue weighted by atomic mass is 9.94. The summed E-state index contributed by atoms with van der Waals surface area (Å²) in [6.45, 7) is 3.54. The number of hydrogen-bond donors (Lipinski definition) is 1. The van der Waals surface area contributed by atoms with Gasteiger partial charge in [0.05, 0.1) is 13.2 Å². The number of aliphatic hydroxyl groups excluding tert-OH is 1. The number of rotatable bonds is 6. The molecule has 2 rings (SSSR count). The van der Waals surface area contributed by atoms with Crippen molar-refractivity contribution in [1.29, 1.82) is 0 Å². The van der Waals surface area contributed by atoms with Gasteiger partial charge in [0.1, 0.15) is 0 Å². The second-order valence-corrected chi connectivity index (χ2v) is 4.93. The largest absolute Gasteiger partial charge is 0.424 e. The molecule has 102 valence electrons. The van der Waals surface area contributed by atoms with Crippen LogP contribution in [0.2, 0.25) is 0 Å².